The van der Waals surface area contributed by atoms with E-state index >= 15 is 0 Å². The third kappa shape index (κ3) is 4.55. The van der Waals surface area contributed by atoms with Gasteiger partial charge >= 0.3 is 0 Å². The number of imide groups is 1. The van der Waals surface area contributed by atoms with E-state index in [-0.39, 0.29) is 40.2 Å². The van der Waals surface area contributed by atoms with E-state index < -0.39 is 10.8 Å². The Hall–Kier alpha value is -2.68. The van der Waals surface area contributed by atoms with Gasteiger partial charge in [-0.15, -0.1) is 0 Å². The third-order valence-electron chi connectivity index (χ3n) is 7.63. The standard InChI is InChI=1S/C24H27N3O5S/c28-21(14-24-11-16-7-17(12-24)9-18(8-16)13-24)25-5-6-26-22(29)20(33-23(26)30)10-15-1-3-19(4-2-15)27(31)32/h1-4,10,16-18H,5-9,11-14H2,(H,25,28). The van der Waals surface area contributed by atoms with E-state index in [4.69, 9.17) is 0 Å². The number of rotatable bonds is 7. The number of nitrogens with one attached hydrogen (secondary N) is 1. The highest BCUT2D eigenvalue weighted by molar-refractivity contribution is 8.18. The molecule has 1 saturated heterocycles. The zero-order valence-electron chi connectivity index (χ0n) is 18.3. The van der Waals surface area contributed by atoms with Crippen molar-refractivity contribution in [2.24, 2.45) is 23.2 Å². The molecule has 3 amide bonds. The Morgan fingerprint density at radius 3 is 2.30 bits per heavy atom. The Kier molecular flexibility index (Phi) is 5.76. The minimum atomic E-state index is -0.491. The largest absolute Gasteiger partial charge is 0.354 e. The first-order valence-corrected chi connectivity index (χ1v) is 12.4. The van der Waals surface area contributed by atoms with Gasteiger partial charge in [-0.2, -0.15) is 0 Å². The minimum Gasteiger partial charge on any atom is -0.354 e. The number of nitro groups is 1. The molecule has 5 aliphatic rings. The lowest BCUT2D eigenvalue weighted by atomic mass is 9.49. The van der Waals surface area contributed by atoms with Gasteiger partial charge in [0, 0.05) is 31.6 Å². The molecule has 1 aromatic carbocycles. The van der Waals surface area contributed by atoms with Crippen LogP contribution in [-0.4, -0.2) is 40.0 Å². The summed E-state index contributed by atoms with van der Waals surface area (Å²) in [6.07, 6.45) is 9.64. The van der Waals surface area contributed by atoms with E-state index in [0.717, 1.165) is 34.4 Å². The molecule has 33 heavy (non-hydrogen) atoms. The number of nitro benzene ring substituents is 1. The summed E-state index contributed by atoms with van der Waals surface area (Å²) in [5.41, 5.74) is 0.730. The predicted molar refractivity (Wildman–Crippen MR) is 124 cm³/mol. The van der Waals surface area contributed by atoms with Crippen molar-refractivity contribution in [2.45, 2.75) is 44.9 Å². The van der Waals surface area contributed by atoms with Crippen molar-refractivity contribution in [3.8, 4) is 0 Å². The molecule has 174 valence electrons. The summed E-state index contributed by atoms with van der Waals surface area (Å²) in [5.74, 6) is 2.00. The van der Waals surface area contributed by atoms with E-state index in [0.29, 0.717) is 12.0 Å². The van der Waals surface area contributed by atoms with E-state index in [9.17, 15) is 24.5 Å². The zero-order chi connectivity index (χ0) is 23.2. The van der Waals surface area contributed by atoms with Gasteiger partial charge in [-0.05, 0) is 97.2 Å². The van der Waals surface area contributed by atoms with Gasteiger partial charge in [0.15, 0.2) is 0 Å². The molecule has 4 bridgehead atoms. The molecule has 5 fully saturated rings. The number of carbonyl (C=O) groups excluding carboxylic acids is 3. The maximum atomic E-state index is 12.7. The molecule has 1 aliphatic heterocycles. The Labute approximate surface area is 196 Å². The topological polar surface area (TPSA) is 110 Å². The smallest absolute Gasteiger partial charge is 0.293 e. The second-order valence-electron chi connectivity index (χ2n) is 10.1. The van der Waals surface area contributed by atoms with E-state index in [2.05, 4.69) is 5.32 Å². The fourth-order valence-corrected chi connectivity index (χ4v) is 7.62. The lowest BCUT2D eigenvalue weighted by molar-refractivity contribution is -0.384. The number of carbonyl (C=O) groups is 3. The molecule has 1 heterocycles. The van der Waals surface area contributed by atoms with Gasteiger partial charge in [-0.25, -0.2) is 0 Å². The summed E-state index contributed by atoms with van der Waals surface area (Å²) in [5, 5.41) is 13.3. The summed E-state index contributed by atoms with van der Waals surface area (Å²) >= 11 is 0.842. The van der Waals surface area contributed by atoms with E-state index in [1.165, 1.54) is 62.8 Å². The van der Waals surface area contributed by atoms with Gasteiger partial charge in [-0.1, -0.05) is 0 Å². The highest BCUT2D eigenvalue weighted by Gasteiger charge is 2.51. The summed E-state index contributed by atoms with van der Waals surface area (Å²) in [4.78, 5) is 49.4. The van der Waals surface area contributed by atoms with Crippen LogP contribution in [0.2, 0.25) is 0 Å². The van der Waals surface area contributed by atoms with Crippen molar-refractivity contribution < 1.29 is 19.3 Å². The number of hydrogen-bond donors (Lipinski definition) is 1. The Bertz CT molecular complexity index is 1000. The number of benzene rings is 1. The molecule has 1 aromatic rings. The lowest BCUT2D eigenvalue weighted by Crippen LogP contribution is -2.48. The number of nitrogens with zero attached hydrogens (tertiary/aromatic N) is 2. The summed E-state index contributed by atoms with van der Waals surface area (Å²) in [7, 11) is 0. The Morgan fingerprint density at radius 2 is 1.73 bits per heavy atom. The summed E-state index contributed by atoms with van der Waals surface area (Å²) in [6, 6.07) is 5.79. The van der Waals surface area contributed by atoms with Crippen LogP contribution in [0.1, 0.15) is 50.5 Å². The normalized spacial score (nSPS) is 31.5. The number of hydrogen-bond acceptors (Lipinski definition) is 6. The second-order valence-corrected chi connectivity index (χ2v) is 11.1. The third-order valence-corrected chi connectivity index (χ3v) is 8.54. The molecule has 9 heteroatoms. The fourth-order valence-electron chi connectivity index (χ4n) is 6.75. The minimum absolute atomic E-state index is 0.0188. The van der Waals surface area contributed by atoms with Gasteiger partial charge in [0.2, 0.25) is 5.91 Å². The highest BCUT2D eigenvalue weighted by atomic mass is 32.2. The first-order valence-electron chi connectivity index (χ1n) is 11.6. The number of thioether (sulfide) groups is 1. The molecule has 0 spiro atoms. The van der Waals surface area contributed by atoms with Gasteiger partial charge in [-0.3, -0.25) is 29.4 Å². The van der Waals surface area contributed by atoms with Crippen LogP contribution in [0.4, 0.5) is 10.5 Å². The van der Waals surface area contributed by atoms with Crippen molar-refractivity contribution in [3.63, 3.8) is 0 Å². The molecule has 8 nitrogen and oxygen atoms in total. The van der Waals surface area contributed by atoms with Crippen molar-refractivity contribution >= 4 is 40.6 Å². The SMILES string of the molecule is O=C(CC12CC3CC(CC(C3)C1)C2)NCCN1C(=O)SC(=Cc2ccc([N+](=O)[O-])cc2)C1=O. The van der Waals surface area contributed by atoms with Gasteiger partial charge in [0.25, 0.3) is 16.8 Å². The molecule has 4 aliphatic carbocycles. The van der Waals surface area contributed by atoms with Crippen molar-refractivity contribution in [1.82, 2.24) is 10.2 Å². The van der Waals surface area contributed by atoms with Crippen molar-refractivity contribution in [1.29, 1.82) is 0 Å². The first kappa shape index (κ1) is 22.1. The molecule has 1 N–H and O–H groups in total. The van der Waals surface area contributed by atoms with Crippen molar-refractivity contribution in [3.05, 3.63) is 44.8 Å². The second kappa shape index (κ2) is 8.59. The maximum Gasteiger partial charge on any atom is 0.293 e. The molecule has 0 unspecified atom stereocenters. The average Bonchev–Trinajstić information content (AvgIpc) is 3.00. The number of amides is 3. The maximum absolute atomic E-state index is 12.7. The molecular formula is C24H27N3O5S. The fraction of sp³-hybridized carbons (Fsp3) is 0.542. The van der Waals surface area contributed by atoms with Gasteiger partial charge < -0.3 is 5.32 Å². The van der Waals surface area contributed by atoms with Crippen LogP contribution in [0.15, 0.2) is 29.2 Å². The lowest BCUT2D eigenvalue weighted by Gasteiger charge is -2.56. The predicted octanol–water partition coefficient (Wildman–Crippen LogP) is 4.35. The average molecular weight is 470 g/mol. The first-order chi connectivity index (χ1) is 15.8. The van der Waals surface area contributed by atoms with Crippen LogP contribution in [0.5, 0.6) is 0 Å². The molecule has 0 atom stereocenters. The van der Waals surface area contributed by atoms with E-state index in [1.54, 1.807) is 6.08 Å². The van der Waals surface area contributed by atoms with Crippen LogP contribution in [0.25, 0.3) is 6.08 Å². The molecular weight excluding hydrogens is 442 g/mol. The van der Waals surface area contributed by atoms with Crippen LogP contribution >= 0.6 is 11.8 Å². The Balaban J connectivity index is 1.13. The number of non-ortho nitro benzene ring substituents is 1. The zero-order valence-corrected chi connectivity index (χ0v) is 19.1. The Morgan fingerprint density at radius 1 is 1.12 bits per heavy atom. The van der Waals surface area contributed by atoms with Crippen LogP contribution in [0, 0.1) is 33.3 Å². The quantitative estimate of drug-likeness (QED) is 0.361. The summed E-state index contributed by atoms with van der Waals surface area (Å²) in [6.45, 7) is 0.378. The molecule has 6 rings (SSSR count). The van der Waals surface area contributed by atoms with Crippen molar-refractivity contribution in [2.75, 3.05) is 13.1 Å². The van der Waals surface area contributed by atoms with Gasteiger partial charge in [0.05, 0.1) is 9.83 Å². The summed E-state index contributed by atoms with van der Waals surface area (Å²) < 4.78 is 0. The van der Waals surface area contributed by atoms with Crippen LogP contribution < -0.4 is 5.32 Å². The van der Waals surface area contributed by atoms with Crippen LogP contribution in [0.3, 0.4) is 0 Å². The highest BCUT2D eigenvalue weighted by Crippen LogP contribution is 2.61. The van der Waals surface area contributed by atoms with E-state index in [1.807, 2.05) is 0 Å². The molecule has 0 radical (unpaired) electrons. The van der Waals surface area contributed by atoms with Gasteiger partial charge in [0.1, 0.15) is 0 Å². The monoisotopic (exact) mass is 469 g/mol. The molecule has 4 saturated carbocycles. The van der Waals surface area contributed by atoms with Crippen LogP contribution in [-0.2, 0) is 9.59 Å². The molecule has 0 aromatic heterocycles.